The molecule has 0 unspecified atom stereocenters. The van der Waals surface area contributed by atoms with E-state index in [9.17, 15) is 4.79 Å². The van der Waals surface area contributed by atoms with Gasteiger partial charge in [0.1, 0.15) is 0 Å². The Bertz CT molecular complexity index is 615. The van der Waals surface area contributed by atoms with Crippen LogP contribution in [0.5, 0.6) is 0 Å². The Morgan fingerprint density at radius 1 is 1.23 bits per heavy atom. The molecule has 0 atom stereocenters. The second-order valence-electron chi connectivity index (χ2n) is 6.49. The molecule has 1 aliphatic heterocycles. The molecule has 2 rings (SSSR count). The summed E-state index contributed by atoms with van der Waals surface area (Å²) in [5.41, 5.74) is 1.55. The zero-order valence-electron chi connectivity index (χ0n) is 14.4. The van der Waals surface area contributed by atoms with E-state index in [2.05, 4.69) is 18.7 Å². The first-order chi connectivity index (χ1) is 10.3. The molecule has 5 heteroatoms. The molecule has 120 valence electrons. The summed E-state index contributed by atoms with van der Waals surface area (Å²) in [5.74, 6) is 0.862. The molecule has 0 saturated heterocycles. The van der Waals surface area contributed by atoms with E-state index in [0.29, 0.717) is 0 Å². The van der Waals surface area contributed by atoms with E-state index in [1.165, 1.54) is 0 Å². The van der Waals surface area contributed by atoms with E-state index >= 15 is 0 Å². The van der Waals surface area contributed by atoms with Crippen LogP contribution in [0, 0.1) is 0 Å². The van der Waals surface area contributed by atoms with E-state index in [0.717, 1.165) is 30.2 Å². The molecule has 0 spiro atoms. The van der Waals surface area contributed by atoms with Crippen LogP contribution in [0.15, 0.2) is 29.0 Å². The van der Waals surface area contributed by atoms with Gasteiger partial charge in [-0.25, -0.2) is 9.80 Å². The van der Waals surface area contributed by atoms with Crippen LogP contribution >= 0.6 is 0 Å². The minimum absolute atomic E-state index is 0.124. The van der Waals surface area contributed by atoms with Crippen molar-refractivity contribution < 1.29 is 4.79 Å². The maximum Gasteiger partial charge on any atom is 0.349 e. The monoisotopic (exact) mass is 302 g/mol. The lowest BCUT2D eigenvalue weighted by Crippen LogP contribution is -2.47. The van der Waals surface area contributed by atoms with Gasteiger partial charge in [0.05, 0.1) is 11.2 Å². The van der Waals surface area contributed by atoms with Gasteiger partial charge in [0.25, 0.3) is 0 Å². The predicted molar refractivity (Wildman–Crippen MR) is 90.8 cm³/mol. The standard InChI is InChI=1S/C17H26N4O/c1-7-19(8-2)15-13(3)12-14-10-9-11-20(14)16(22)21(18-15)17(4,5)6/h9-12H,7-8H2,1-6H3/b13-12-,18-15+. The topological polar surface area (TPSA) is 40.8 Å². The summed E-state index contributed by atoms with van der Waals surface area (Å²) in [6.45, 7) is 14.0. The second kappa shape index (κ2) is 5.99. The van der Waals surface area contributed by atoms with Crippen LogP contribution in [0.2, 0.25) is 0 Å². The molecule has 1 aliphatic rings. The van der Waals surface area contributed by atoms with Crippen LogP contribution < -0.4 is 0 Å². The third-order valence-electron chi connectivity index (χ3n) is 3.78. The number of rotatable bonds is 2. The number of carbonyl (C=O) groups is 1. The molecule has 1 amide bonds. The van der Waals surface area contributed by atoms with Gasteiger partial charge in [-0.2, -0.15) is 0 Å². The first-order valence-corrected chi connectivity index (χ1v) is 7.83. The number of fused-ring (bicyclic) bond motifs is 1. The van der Waals surface area contributed by atoms with Crippen molar-refractivity contribution in [2.45, 2.75) is 47.1 Å². The lowest BCUT2D eigenvalue weighted by Gasteiger charge is -2.35. The van der Waals surface area contributed by atoms with E-state index < -0.39 is 5.54 Å². The number of aromatic nitrogens is 1. The summed E-state index contributed by atoms with van der Waals surface area (Å²) in [7, 11) is 0. The van der Waals surface area contributed by atoms with Crippen LogP contribution in [0.4, 0.5) is 4.79 Å². The summed E-state index contributed by atoms with van der Waals surface area (Å²) in [4.78, 5) is 15.1. The summed E-state index contributed by atoms with van der Waals surface area (Å²) >= 11 is 0. The molecule has 2 heterocycles. The average Bonchev–Trinajstić information content (AvgIpc) is 2.87. The Balaban J connectivity index is 2.65. The van der Waals surface area contributed by atoms with Crippen LogP contribution in [0.3, 0.4) is 0 Å². The quantitative estimate of drug-likeness (QED) is 0.837. The maximum absolute atomic E-state index is 12.9. The minimum atomic E-state index is -0.394. The molecular formula is C17H26N4O. The molecule has 1 aromatic heterocycles. The molecule has 5 nitrogen and oxygen atoms in total. The molecule has 0 bridgehead atoms. The number of nitrogens with zero attached hydrogens (tertiary/aromatic N) is 4. The van der Waals surface area contributed by atoms with Crippen molar-refractivity contribution >= 4 is 17.9 Å². The average molecular weight is 302 g/mol. The zero-order chi connectivity index (χ0) is 16.5. The highest BCUT2D eigenvalue weighted by molar-refractivity contribution is 6.03. The number of likely N-dealkylation sites (N-methyl/N-ethyl adjacent to an activating group) is 1. The van der Waals surface area contributed by atoms with Gasteiger partial charge in [0, 0.05) is 19.3 Å². The van der Waals surface area contributed by atoms with Gasteiger partial charge in [-0.05, 0) is 65.3 Å². The molecule has 0 aromatic carbocycles. The van der Waals surface area contributed by atoms with Crippen molar-refractivity contribution in [2.24, 2.45) is 5.10 Å². The zero-order valence-corrected chi connectivity index (χ0v) is 14.4. The van der Waals surface area contributed by atoms with Crippen molar-refractivity contribution in [3.63, 3.8) is 0 Å². The Kier molecular flexibility index (Phi) is 4.44. The number of amides is 1. The van der Waals surface area contributed by atoms with Crippen molar-refractivity contribution in [1.82, 2.24) is 14.5 Å². The van der Waals surface area contributed by atoms with Crippen LogP contribution in [0.25, 0.3) is 6.08 Å². The summed E-state index contributed by atoms with van der Waals surface area (Å²) in [6.07, 6.45) is 3.81. The smallest absolute Gasteiger partial charge is 0.349 e. The number of hydrazone groups is 1. The van der Waals surface area contributed by atoms with Crippen LogP contribution in [-0.4, -0.2) is 45.0 Å². The highest BCUT2D eigenvalue weighted by Gasteiger charge is 2.31. The van der Waals surface area contributed by atoms with E-state index in [-0.39, 0.29) is 6.03 Å². The predicted octanol–water partition coefficient (Wildman–Crippen LogP) is 3.63. The summed E-state index contributed by atoms with van der Waals surface area (Å²) in [6, 6.07) is 3.72. The number of hydrogen-bond donors (Lipinski definition) is 0. The summed E-state index contributed by atoms with van der Waals surface area (Å²) in [5, 5.41) is 6.31. The van der Waals surface area contributed by atoms with Gasteiger partial charge in [-0.3, -0.25) is 4.57 Å². The van der Waals surface area contributed by atoms with Gasteiger partial charge < -0.3 is 4.90 Å². The first-order valence-electron chi connectivity index (χ1n) is 7.83. The molecule has 1 aromatic rings. The lowest BCUT2D eigenvalue weighted by molar-refractivity contribution is 0.148. The number of carbonyl (C=O) groups excluding carboxylic acids is 1. The molecule has 22 heavy (non-hydrogen) atoms. The first kappa shape index (κ1) is 16.3. The van der Waals surface area contributed by atoms with Crippen molar-refractivity contribution in [3.8, 4) is 0 Å². The SMILES string of the molecule is CCN(CC)C1=N/N(C(C)(C)C)C(=O)n2cccc2/C=C\1C. The Morgan fingerprint density at radius 2 is 1.86 bits per heavy atom. The largest absolute Gasteiger partial charge is 0.356 e. The fourth-order valence-electron chi connectivity index (χ4n) is 2.56. The number of hydrogen-bond acceptors (Lipinski definition) is 3. The van der Waals surface area contributed by atoms with Gasteiger partial charge in [-0.15, -0.1) is 5.10 Å². The van der Waals surface area contributed by atoms with Gasteiger partial charge >= 0.3 is 6.03 Å². The van der Waals surface area contributed by atoms with Crippen LogP contribution in [0.1, 0.15) is 47.2 Å². The van der Waals surface area contributed by atoms with Gasteiger partial charge in [0.2, 0.25) is 0 Å². The normalized spacial score (nSPS) is 20.5. The second-order valence-corrected chi connectivity index (χ2v) is 6.49. The minimum Gasteiger partial charge on any atom is -0.356 e. The van der Waals surface area contributed by atoms with Crippen LogP contribution in [-0.2, 0) is 0 Å². The lowest BCUT2D eigenvalue weighted by atomic mass is 10.1. The Labute approximate surface area is 132 Å². The molecular weight excluding hydrogens is 276 g/mol. The molecule has 0 saturated carbocycles. The molecule has 0 aliphatic carbocycles. The van der Waals surface area contributed by atoms with Crippen molar-refractivity contribution in [2.75, 3.05) is 13.1 Å². The Morgan fingerprint density at radius 3 is 2.41 bits per heavy atom. The molecule has 0 radical (unpaired) electrons. The van der Waals surface area contributed by atoms with E-state index in [1.807, 2.05) is 45.9 Å². The van der Waals surface area contributed by atoms with E-state index in [1.54, 1.807) is 15.8 Å². The summed E-state index contributed by atoms with van der Waals surface area (Å²) < 4.78 is 1.65. The van der Waals surface area contributed by atoms with E-state index in [4.69, 9.17) is 5.10 Å². The van der Waals surface area contributed by atoms with Gasteiger partial charge in [-0.1, -0.05) is 0 Å². The number of amidine groups is 1. The third-order valence-corrected chi connectivity index (χ3v) is 3.78. The van der Waals surface area contributed by atoms with Crippen molar-refractivity contribution in [3.05, 3.63) is 29.6 Å². The highest BCUT2D eigenvalue weighted by Crippen LogP contribution is 2.22. The Hall–Kier alpha value is -2.04. The molecule has 0 fully saturated rings. The highest BCUT2D eigenvalue weighted by atomic mass is 16.2. The fourth-order valence-corrected chi connectivity index (χ4v) is 2.56. The van der Waals surface area contributed by atoms with Crippen molar-refractivity contribution in [1.29, 1.82) is 0 Å². The fraction of sp³-hybridized carbons (Fsp3) is 0.529. The maximum atomic E-state index is 12.9. The van der Waals surface area contributed by atoms with Gasteiger partial charge in [0.15, 0.2) is 5.84 Å². The third kappa shape index (κ3) is 2.93. The molecule has 0 N–H and O–H groups in total.